The Kier molecular flexibility index (Phi) is 7.26. The molecule has 0 heterocycles. The molecule has 2 aromatic carbocycles. The molecule has 2 rings (SSSR count). The fourth-order valence-electron chi connectivity index (χ4n) is 2.45. The predicted molar refractivity (Wildman–Crippen MR) is 95.6 cm³/mol. The van der Waals surface area contributed by atoms with Crippen LogP contribution in [0.1, 0.15) is 24.0 Å². The lowest BCUT2D eigenvalue weighted by atomic mass is 10.1. The van der Waals surface area contributed by atoms with Gasteiger partial charge < -0.3 is 14.8 Å². The molecule has 0 atom stereocenters. The first-order valence-corrected chi connectivity index (χ1v) is 8.37. The number of hydrogen-bond acceptors (Lipinski definition) is 3. The Morgan fingerprint density at radius 2 is 2.00 bits per heavy atom. The van der Waals surface area contributed by atoms with Crippen LogP contribution in [0.3, 0.4) is 0 Å². The van der Waals surface area contributed by atoms with Crippen LogP contribution in [0.15, 0.2) is 42.5 Å². The summed E-state index contributed by atoms with van der Waals surface area (Å²) in [6.07, 6.45) is 1.77. The molecule has 1 N–H and O–H groups in total. The number of carbonyl (C=O) groups excluding carboxylic acids is 1. The number of benzene rings is 2. The largest absolute Gasteiger partial charge is 0.493 e. The maximum atomic E-state index is 13.1. The van der Waals surface area contributed by atoms with E-state index >= 15 is 0 Å². The number of hydrogen-bond donors (Lipinski definition) is 1. The molecule has 0 spiro atoms. The van der Waals surface area contributed by atoms with Crippen LogP contribution in [-0.2, 0) is 11.2 Å². The summed E-state index contributed by atoms with van der Waals surface area (Å²) in [5, 5.41) is 2.85. The number of methoxy groups -OCH3 is 1. The predicted octanol–water partition coefficient (Wildman–Crippen LogP) is 3.66. The average molecular weight is 345 g/mol. The third-order valence-corrected chi connectivity index (χ3v) is 3.76. The average Bonchev–Trinajstić information content (AvgIpc) is 2.60. The van der Waals surface area contributed by atoms with Gasteiger partial charge in [-0.25, -0.2) is 4.39 Å². The Hall–Kier alpha value is -2.56. The Balaban J connectivity index is 1.64. The third kappa shape index (κ3) is 6.45. The van der Waals surface area contributed by atoms with Gasteiger partial charge in [0.15, 0.2) is 11.5 Å². The Bertz CT molecular complexity index is 703. The highest BCUT2D eigenvalue weighted by atomic mass is 19.1. The van der Waals surface area contributed by atoms with E-state index in [-0.39, 0.29) is 24.8 Å². The number of carbonyl (C=O) groups is 1. The van der Waals surface area contributed by atoms with Gasteiger partial charge in [0, 0.05) is 6.54 Å². The highest BCUT2D eigenvalue weighted by Crippen LogP contribution is 2.27. The molecule has 0 bridgehead atoms. The van der Waals surface area contributed by atoms with E-state index in [1.807, 2.05) is 31.2 Å². The van der Waals surface area contributed by atoms with Gasteiger partial charge in [-0.05, 0) is 55.2 Å². The molecule has 4 nitrogen and oxygen atoms in total. The fourth-order valence-corrected chi connectivity index (χ4v) is 2.45. The molecule has 0 aliphatic rings. The van der Waals surface area contributed by atoms with E-state index in [4.69, 9.17) is 9.47 Å². The van der Waals surface area contributed by atoms with Crippen molar-refractivity contribution in [3.05, 3.63) is 59.4 Å². The van der Waals surface area contributed by atoms with Crippen molar-refractivity contribution in [2.45, 2.75) is 26.2 Å². The van der Waals surface area contributed by atoms with Crippen molar-refractivity contribution in [2.75, 3.05) is 20.3 Å². The summed E-state index contributed by atoms with van der Waals surface area (Å²) in [4.78, 5) is 11.8. The lowest BCUT2D eigenvalue weighted by Gasteiger charge is -2.11. The standard InChI is InChI=1S/C20H24FNO3/c1-15-8-9-18(19(13-15)24-2)25-12-10-20(23)22-11-4-6-16-5-3-7-17(21)14-16/h3,5,7-9,13-14H,4,6,10-12H2,1-2H3,(H,22,23). The van der Waals surface area contributed by atoms with Gasteiger partial charge in [0.25, 0.3) is 0 Å². The molecule has 0 saturated heterocycles. The third-order valence-electron chi connectivity index (χ3n) is 3.76. The molecule has 0 radical (unpaired) electrons. The Morgan fingerprint density at radius 3 is 2.76 bits per heavy atom. The van der Waals surface area contributed by atoms with Gasteiger partial charge in [0.2, 0.25) is 5.91 Å². The zero-order chi connectivity index (χ0) is 18.1. The van der Waals surface area contributed by atoms with E-state index in [1.54, 1.807) is 13.2 Å². The first kappa shape index (κ1) is 18.8. The highest BCUT2D eigenvalue weighted by molar-refractivity contribution is 5.75. The number of nitrogens with one attached hydrogen (secondary N) is 1. The van der Waals surface area contributed by atoms with Crippen LogP contribution in [0.4, 0.5) is 4.39 Å². The van der Waals surface area contributed by atoms with Crippen molar-refractivity contribution in [1.82, 2.24) is 5.32 Å². The van der Waals surface area contributed by atoms with Crippen molar-refractivity contribution in [3.8, 4) is 11.5 Å². The Morgan fingerprint density at radius 1 is 1.16 bits per heavy atom. The normalized spacial score (nSPS) is 10.4. The number of amides is 1. The molecule has 0 aromatic heterocycles. The zero-order valence-corrected chi connectivity index (χ0v) is 14.7. The molecule has 2 aromatic rings. The van der Waals surface area contributed by atoms with Gasteiger partial charge in [0.05, 0.1) is 20.1 Å². The second kappa shape index (κ2) is 9.67. The van der Waals surface area contributed by atoms with Crippen LogP contribution >= 0.6 is 0 Å². The van der Waals surface area contributed by atoms with Crippen LogP contribution in [0, 0.1) is 12.7 Å². The molecule has 0 aliphatic carbocycles. The van der Waals surface area contributed by atoms with Crippen molar-refractivity contribution in [3.63, 3.8) is 0 Å². The highest BCUT2D eigenvalue weighted by Gasteiger charge is 2.06. The monoisotopic (exact) mass is 345 g/mol. The number of rotatable bonds is 9. The molecule has 0 unspecified atom stereocenters. The maximum absolute atomic E-state index is 13.1. The smallest absolute Gasteiger partial charge is 0.223 e. The van der Waals surface area contributed by atoms with Crippen LogP contribution < -0.4 is 14.8 Å². The van der Waals surface area contributed by atoms with Crippen LogP contribution in [0.2, 0.25) is 0 Å². The molecule has 0 fully saturated rings. The van der Waals surface area contributed by atoms with Crippen LogP contribution in [0.25, 0.3) is 0 Å². The minimum Gasteiger partial charge on any atom is -0.493 e. The van der Waals surface area contributed by atoms with Crippen LogP contribution in [-0.4, -0.2) is 26.2 Å². The lowest BCUT2D eigenvalue weighted by molar-refractivity contribution is -0.121. The summed E-state index contributed by atoms with van der Waals surface area (Å²) in [6, 6.07) is 12.2. The second-order valence-electron chi connectivity index (χ2n) is 5.84. The van der Waals surface area contributed by atoms with E-state index in [1.165, 1.54) is 12.1 Å². The molecular weight excluding hydrogens is 321 g/mol. The van der Waals surface area contributed by atoms with E-state index in [0.717, 1.165) is 24.0 Å². The minimum absolute atomic E-state index is 0.0645. The Labute approximate surface area is 148 Å². The van der Waals surface area contributed by atoms with E-state index < -0.39 is 0 Å². The second-order valence-corrected chi connectivity index (χ2v) is 5.84. The maximum Gasteiger partial charge on any atom is 0.223 e. The summed E-state index contributed by atoms with van der Waals surface area (Å²) < 4.78 is 23.9. The number of halogens is 1. The SMILES string of the molecule is COc1cc(C)ccc1OCCC(=O)NCCCc1cccc(F)c1. The summed E-state index contributed by atoms with van der Waals surface area (Å²) in [6.45, 7) is 2.82. The minimum atomic E-state index is -0.231. The molecule has 0 saturated carbocycles. The van der Waals surface area contributed by atoms with Gasteiger partial charge in [-0.2, -0.15) is 0 Å². The number of aryl methyl sites for hydroxylation is 2. The van der Waals surface area contributed by atoms with Crippen molar-refractivity contribution in [1.29, 1.82) is 0 Å². The van der Waals surface area contributed by atoms with E-state index in [2.05, 4.69) is 5.32 Å². The van der Waals surface area contributed by atoms with Gasteiger partial charge in [-0.3, -0.25) is 4.79 Å². The molecule has 0 aliphatic heterocycles. The first-order chi connectivity index (χ1) is 12.1. The van der Waals surface area contributed by atoms with Gasteiger partial charge in [-0.1, -0.05) is 18.2 Å². The first-order valence-electron chi connectivity index (χ1n) is 8.37. The van der Waals surface area contributed by atoms with Gasteiger partial charge >= 0.3 is 0 Å². The molecule has 5 heteroatoms. The molecule has 134 valence electrons. The van der Waals surface area contributed by atoms with E-state index in [9.17, 15) is 9.18 Å². The molecule has 25 heavy (non-hydrogen) atoms. The van der Waals surface area contributed by atoms with Crippen molar-refractivity contribution >= 4 is 5.91 Å². The fraction of sp³-hybridized carbons (Fsp3) is 0.350. The van der Waals surface area contributed by atoms with Crippen molar-refractivity contribution in [2.24, 2.45) is 0 Å². The summed E-state index contributed by atoms with van der Waals surface area (Å²) in [5.41, 5.74) is 2.02. The van der Waals surface area contributed by atoms with E-state index in [0.29, 0.717) is 18.0 Å². The number of ether oxygens (including phenoxy) is 2. The topological polar surface area (TPSA) is 47.6 Å². The quantitative estimate of drug-likeness (QED) is 0.706. The zero-order valence-electron chi connectivity index (χ0n) is 14.7. The molecule has 1 amide bonds. The van der Waals surface area contributed by atoms with Gasteiger partial charge in [0.1, 0.15) is 5.82 Å². The summed E-state index contributed by atoms with van der Waals surface area (Å²) in [5.74, 6) is 0.998. The molecular formula is C20H24FNO3. The van der Waals surface area contributed by atoms with Crippen molar-refractivity contribution < 1.29 is 18.7 Å². The summed E-state index contributed by atoms with van der Waals surface area (Å²) >= 11 is 0. The van der Waals surface area contributed by atoms with Crippen LogP contribution in [0.5, 0.6) is 11.5 Å². The van der Waals surface area contributed by atoms with Gasteiger partial charge in [-0.15, -0.1) is 0 Å². The summed E-state index contributed by atoms with van der Waals surface area (Å²) in [7, 11) is 1.59. The lowest BCUT2D eigenvalue weighted by Crippen LogP contribution is -2.26.